The highest BCUT2D eigenvalue weighted by molar-refractivity contribution is 5.74. The van der Waals surface area contributed by atoms with E-state index in [1.165, 1.54) is 0 Å². The van der Waals surface area contributed by atoms with Gasteiger partial charge < -0.3 is 24.7 Å². The van der Waals surface area contributed by atoms with Crippen molar-refractivity contribution in [1.29, 1.82) is 5.26 Å². The van der Waals surface area contributed by atoms with Crippen molar-refractivity contribution in [2.75, 3.05) is 13.2 Å². The fourth-order valence-corrected chi connectivity index (χ4v) is 4.11. The van der Waals surface area contributed by atoms with Gasteiger partial charge in [-0.2, -0.15) is 5.26 Å². The van der Waals surface area contributed by atoms with Crippen LogP contribution in [0.25, 0.3) is 0 Å². The molecular weight excluding hydrogens is 444 g/mol. The minimum Gasteiger partial charge on any atom is -0.494 e. The lowest BCUT2D eigenvalue weighted by atomic mass is 9.83. The van der Waals surface area contributed by atoms with Gasteiger partial charge in [0.15, 0.2) is 6.61 Å². The summed E-state index contributed by atoms with van der Waals surface area (Å²) < 4.78 is 22.4. The number of benzene rings is 3. The lowest BCUT2D eigenvalue weighted by Crippen LogP contribution is -2.21. The molecule has 1 aliphatic heterocycles. The molecule has 0 spiro atoms. The molecule has 1 unspecified atom stereocenters. The van der Waals surface area contributed by atoms with Crippen LogP contribution in [0.15, 0.2) is 72.1 Å². The zero-order valence-corrected chi connectivity index (χ0v) is 19.8. The molecule has 0 radical (unpaired) electrons. The second-order valence-electron chi connectivity index (χ2n) is 8.22. The van der Waals surface area contributed by atoms with Crippen LogP contribution in [-0.4, -0.2) is 19.2 Å². The predicted octanol–water partition coefficient (Wildman–Crippen LogP) is 4.90. The molecule has 4 rings (SSSR count). The molecule has 7 heteroatoms. The first kappa shape index (κ1) is 23.7. The molecule has 0 amide bonds. The number of nitrogens with two attached hydrogens (primary N) is 1. The Balaban J connectivity index is 1.55. The van der Waals surface area contributed by atoms with Crippen molar-refractivity contribution >= 4 is 5.97 Å². The summed E-state index contributed by atoms with van der Waals surface area (Å²) in [5.41, 5.74) is 10.1. The van der Waals surface area contributed by atoms with Crippen LogP contribution < -0.4 is 24.7 Å². The van der Waals surface area contributed by atoms with E-state index >= 15 is 0 Å². The number of rotatable bonds is 7. The molecule has 1 atom stereocenters. The number of allylic oxidation sites excluding steroid dienone is 1. The van der Waals surface area contributed by atoms with E-state index in [1.54, 1.807) is 18.2 Å². The molecule has 2 N–H and O–H groups in total. The molecule has 0 bridgehead atoms. The highest BCUT2D eigenvalue weighted by Crippen LogP contribution is 2.44. The number of ether oxygens (including phenoxy) is 4. The summed E-state index contributed by atoms with van der Waals surface area (Å²) in [7, 11) is 0. The Morgan fingerprint density at radius 2 is 1.77 bits per heavy atom. The van der Waals surface area contributed by atoms with Crippen molar-refractivity contribution < 1.29 is 23.7 Å². The van der Waals surface area contributed by atoms with E-state index in [2.05, 4.69) is 6.07 Å². The first-order valence-corrected chi connectivity index (χ1v) is 11.2. The van der Waals surface area contributed by atoms with Gasteiger partial charge in [0.1, 0.15) is 34.6 Å². The van der Waals surface area contributed by atoms with Gasteiger partial charge in [0, 0.05) is 11.6 Å². The van der Waals surface area contributed by atoms with Crippen LogP contribution in [0.3, 0.4) is 0 Å². The second kappa shape index (κ2) is 10.2. The summed E-state index contributed by atoms with van der Waals surface area (Å²) >= 11 is 0. The maximum Gasteiger partial charge on any atom is 0.349 e. The molecule has 0 saturated carbocycles. The molecule has 178 valence electrons. The molecule has 0 aromatic heterocycles. The topological polar surface area (TPSA) is 104 Å². The third-order valence-electron chi connectivity index (χ3n) is 5.48. The SMILES string of the molecule is CCOc1cccc(C2C(C#N)=C(N)Oc3cc(OC(=O)COc4cc(C)cc(C)c4)ccc32)c1. The average molecular weight is 471 g/mol. The van der Waals surface area contributed by atoms with Gasteiger partial charge in [0.2, 0.25) is 5.88 Å². The number of nitrogens with zero attached hydrogens (tertiary/aromatic N) is 1. The van der Waals surface area contributed by atoms with Gasteiger partial charge in [-0.25, -0.2) is 4.79 Å². The van der Waals surface area contributed by atoms with Gasteiger partial charge in [0.05, 0.1) is 12.5 Å². The summed E-state index contributed by atoms with van der Waals surface area (Å²) in [5, 5.41) is 9.77. The molecule has 0 aliphatic carbocycles. The minimum atomic E-state index is -0.554. The third-order valence-corrected chi connectivity index (χ3v) is 5.48. The molecule has 35 heavy (non-hydrogen) atoms. The monoisotopic (exact) mass is 470 g/mol. The number of carbonyl (C=O) groups excluding carboxylic acids is 1. The fraction of sp³-hybridized carbons (Fsp3) is 0.214. The van der Waals surface area contributed by atoms with E-state index in [0.717, 1.165) is 22.3 Å². The number of aryl methyl sites for hydroxylation is 2. The van der Waals surface area contributed by atoms with Gasteiger partial charge in [-0.05, 0) is 67.8 Å². The lowest BCUT2D eigenvalue weighted by Gasteiger charge is -2.27. The average Bonchev–Trinajstić information content (AvgIpc) is 2.81. The molecule has 1 aliphatic rings. The Hall–Kier alpha value is -4.44. The van der Waals surface area contributed by atoms with Crippen molar-refractivity contribution in [2.45, 2.75) is 26.7 Å². The third kappa shape index (κ3) is 5.39. The zero-order chi connectivity index (χ0) is 24.9. The first-order valence-electron chi connectivity index (χ1n) is 11.2. The smallest absolute Gasteiger partial charge is 0.349 e. The van der Waals surface area contributed by atoms with E-state index < -0.39 is 11.9 Å². The van der Waals surface area contributed by atoms with E-state index in [1.807, 2.05) is 63.2 Å². The predicted molar refractivity (Wildman–Crippen MR) is 130 cm³/mol. The Bertz CT molecular complexity index is 1320. The number of hydrogen-bond donors (Lipinski definition) is 1. The van der Waals surface area contributed by atoms with E-state index in [4.69, 9.17) is 24.7 Å². The van der Waals surface area contributed by atoms with Crippen molar-refractivity contribution in [3.63, 3.8) is 0 Å². The van der Waals surface area contributed by atoms with Gasteiger partial charge in [-0.1, -0.05) is 24.3 Å². The molecule has 0 fully saturated rings. The fourth-order valence-electron chi connectivity index (χ4n) is 4.11. The van der Waals surface area contributed by atoms with Crippen LogP contribution >= 0.6 is 0 Å². The Kier molecular flexibility index (Phi) is 6.93. The van der Waals surface area contributed by atoms with E-state index in [9.17, 15) is 10.1 Å². The largest absolute Gasteiger partial charge is 0.494 e. The maximum absolute atomic E-state index is 12.4. The van der Waals surface area contributed by atoms with Crippen LogP contribution in [-0.2, 0) is 4.79 Å². The van der Waals surface area contributed by atoms with Gasteiger partial charge >= 0.3 is 5.97 Å². The number of esters is 1. The van der Waals surface area contributed by atoms with Crippen LogP contribution in [0.1, 0.15) is 35.1 Å². The Morgan fingerprint density at radius 1 is 1.00 bits per heavy atom. The van der Waals surface area contributed by atoms with Crippen molar-refractivity contribution in [3.8, 4) is 29.1 Å². The molecule has 3 aromatic carbocycles. The Labute approximate surface area is 204 Å². The molecule has 3 aromatic rings. The molecule has 7 nitrogen and oxygen atoms in total. The normalized spacial score (nSPS) is 14.4. The number of carbonyl (C=O) groups is 1. The summed E-state index contributed by atoms with van der Waals surface area (Å²) in [6, 6.07) is 20.4. The minimum absolute atomic E-state index is 0.00781. The van der Waals surface area contributed by atoms with Crippen molar-refractivity contribution in [1.82, 2.24) is 0 Å². The van der Waals surface area contributed by atoms with Crippen molar-refractivity contribution in [2.24, 2.45) is 5.73 Å². The van der Waals surface area contributed by atoms with Crippen LogP contribution in [0.4, 0.5) is 0 Å². The number of hydrogen-bond acceptors (Lipinski definition) is 7. The van der Waals surface area contributed by atoms with E-state index in [-0.39, 0.29) is 18.2 Å². The zero-order valence-electron chi connectivity index (χ0n) is 19.8. The lowest BCUT2D eigenvalue weighted by molar-refractivity contribution is -0.136. The maximum atomic E-state index is 12.4. The molecule has 0 saturated heterocycles. The first-order chi connectivity index (χ1) is 16.9. The van der Waals surface area contributed by atoms with Crippen LogP contribution in [0, 0.1) is 25.2 Å². The molecule has 1 heterocycles. The summed E-state index contributed by atoms with van der Waals surface area (Å²) in [4.78, 5) is 12.4. The summed E-state index contributed by atoms with van der Waals surface area (Å²) in [5.74, 6) is 1.01. The van der Waals surface area contributed by atoms with E-state index in [0.29, 0.717) is 29.4 Å². The summed E-state index contributed by atoms with van der Waals surface area (Å²) in [6.45, 7) is 6.12. The van der Waals surface area contributed by atoms with Gasteiger partial charge in [-0.3, -0.25) is 0 Å². The standard InChI is InChI=1S/C28H26N2O5/c1-4-32-20-7-5-6-19(13-20)27-23-9-8-21(14-25(23)35-28(30)24(27)15-29)34-26(31)16-33-22-11-17(2)10-18(3)12-22/h5-14,27H,4,16,30H2,1-3H3. The second-order valence-corrected chi connectivity index (χ2v) is 8.22. The number of nitriles is 1. The van der Waals surface area contributed by atoms with Crippen LogP contribution in [0.5, 0.6) is 23.0 Å². The number of fused-ring (bicyclic) bond motifs is 1. The molecular formula is C28H26N2O5. The van der Waals surface area contributed by atoms with Crippen LogP contribution in [0.2, 0.25) is 0 Å². The Morgan fingerprint density at radius 3 is 2.49 bits per heavy atom. The summed E-state index contributed by atoms with van der Waals surface area (Å²) in [6.07, 6.45) is 0. The highest BCUT2D eigenvalue weighted by atomic mass is 16.6. The van der Waals surface area contributed by atoms with Gasteiger partial charge in [-0.15, -0.1) is 0 Å². The van der Waals surface area contributed by atoms with Crippen molar-refractivity contribution in [3.05, 3.63) is 94.4 Å². The highest BCUT2D eigenvalue weighted by Gasteiger charge is 2.31. The quantitative estimate of drug-likeness (QED) is 0.387. The van der Waals surface area contributed by atoms with Gasteiger partial charge in [0.25, 0.3) is 0 Å².